The van der Waals surface area contributed by atoms with Crippen LogP contribution in [0.25, 0.3) is 0 Å². The first-order chi connectivity index (χ1) is 11.8. The van der Waals surface area contributed by atoms with Gasteiger partial charge in [0.1, 0.15) is 5.60 Å². The molecule has 1 aliphatic rings. The minimum absolute atomic E-state index is 0. The summed E-state index contributed by atoms with van der Waals surface area (Å²) in [6.07, 6.45) is 2.71. The van der Waals surface area contributed by atoms with E-state index in [1.807, 2.05) is 39.0 Å². The van der Waals surface area contributed by atoms with Gasteiger partial charge in [-0.05, 0) is 51.5 Å². The molecule has 1 aliphatic carbocycles. The van der Waals surface area contributed by atoms with Gasteiger partial charge in [-0.2, -0.15) is 0 Å². The molecule has 4 N–H and O–H groups in total. The van der Waals surface area contributed by atoms with Crippen molar-refractivity contribution < 1.29 is 9.53 Å². The van der Waals surface area contributed by atoms with Gasteiger partial charge in [-0.15, -0.1) is 24.0 Å². The lowest BCUT2D eigenvalue weighted by Crippen LogP contribution is -2.43. The first kappa shape index (κ1) is 22.5. The molecule has 146 valence electrons. The summed E-state index contributed by atoms with van der Waals surface area (Å²) >= 11 is 0. The van der Waals surface area contributed by atoms with E-state index < -0.39 is 11.7 Å². The molecule has 1 aromatic rings. The molecule has 1 unspecified atom stereocenters. The van der Waals surface area contributed by atoms with Gasteiger partial charge in [0.25, 0.3) is 0 Å². The van der Waals surface area contributed by atoms with Crippen LogP contribution in [0.4, 0.5) is 4.79 Å². The van der Waals surface area contributed by atoms with Crippen LogP contribution in [0.5, 0.6) is 0 Å². The second-order valence-corrected chi connectivity index (χ2v) is 7.48. The number of rotatable bonds is 7. The molecule has 0 aliphatic heterocycles. The van der Waals surface area contributed by atoms with Gasteiger partial charge in [0, 0.05) is 6.54 Å². The molecule has 0 saturated heterocycles. The zero-order valence-electron chi connectivity index (χ0n) is 15.8. The Morgan fingerprint density at radius 1 is 1.31 bits per heavy atom. The van der Waals surface area contributed by atoms with Crippen molar-refractivity contribution in [2.75, 3.05) is 13.1 Å². The molecule has 0 aromatic heterocycles. The number of nitrogens with zero attached hydrogens (tertiary/aromatic N) is 1. The Balaban J connectivity index is 0.00000338. The summed E-state index contributed by atoms with van der Waals surface area (Å²) in [6, 6.07) is 10.2. The van der Waals surface area contributed by atoms with Crippen molar-refractivity contribution in [1.29, 1.82) is 0 Å². The number of hydrogen-bond acceptors (Lipinski definition) is 3. The van der Waals surface area contributed by atoms with Crippen molar-refractivity contribution in [3.63, 3.8) is 0 Å². The van der Waals surface area contributed by atoms with Gasteiger partial charge in [-0.3, -0.25) is 4.99 Å². The Kier molecular flexibility index (Phi) is 9.18. The number of nitrogens with two attached hydrogens (primary N) is 1. The van der Waals surface area contributed by atoms with Crippen LogP contribution in [0.1, 0.15) is 39.2 Å². The second-order valence-electron chi connectivity index (χ2n) is 7.48. The Labute approximate surface area is 173 Å². The zero-order chi connectivity index (χ0) is 18.3. The van der Waals surface area contributed by atoms with E-state index in [2.05, 4.69) is 27.8 Å². The van der Waals surface area contributed by atoms with Gasteiger partial charge >= 0.3 is 6.09 Å². The third-order valence-corrected chi connectivity index (χ3v) is 3.91. The molecule has 1 saturated carbocycles. The average Bonchev–Trinajstić information content (AvgIpc) is 3.35. The second kappa shape index (κ2) is 10.6. The molecule has 2 rings (SSSR count). The fourth-order valence-corrected chi connectivity index (χ4v) is 2.50. The van der Waals surface area contributed by atoms with Crippen LogP contribution in [0.15, 0.2) is 35.3 Å². The summed E-state index contributed by atoms with van der Waals surface area (Å²) in [5, 5.41) is 6.04. The topological polar surface area (TPSA) is 88.7 Å². The lowest BCUT2D eigenvalue weighted by molar-refractivity contribution is 0.0500. The summed E-state index contributed by atoms with van der Waals surface area (Å²) in [7, 11) is 0. The maximum absolute atomic E-state index is 11.9. The molecule has 0 heterocycles. The molecule has 6 nitrogen and oxygen atoms in total. The van der Waals surface area contributed by atoms with Gasteiger partial charge in [0.15, 0.2) is 5.96 Å². The van der Waals surface area contributed by atoms with Crippen molar-refractivity contribution in [3.8, 4) is 0 Å². The fourth-order valence-electron chi connectivity index (χ4n) is 2.50. The van der Waals surface area contributed by atoms with Crippen molar-refractivity contribution in [1.82, 2.24) is 10.6 Å². The highest BCUT2D eigenvalue weighted by Gasteiger charge is 2.33. The molecular weight excluding hydrogens is 443 g/mol. The molecular formula is C19H31IN4O2. The van der Waals surface area contributed by atoms with Crippen LogP contribution in [-0.2, 0) is 11.2 Å². The van der Waals surface area contributed by atoms with Crippen LogP contribution in [0.3, 0.4) is 0 Å². The molecule has 1 aromatic carbocycles. The number of benzene rings is 1. The van der Waals surface area contributed by atoms with Gasteiger partial charge in [0.05, 0.1) is 12.6 Å². The predicted molar refractivity (Wildman–Crippen MR) is 116 cm³/mol. The number of nitrogens with one attached hydrogen (secondary N) is 2. The van der Waals surface area contributed by atoms with Crippen LogP contribution >= 0.6 is 24.0 Å². The van der Waals surface area contributed by atoms with E-state index in [-0.39, 0.29) is 30.0 Å². The lowest BCUT2D eigenvalue weighted by Gasteiger charge is -2.23. The van der Waals surface area contributed by atoms with E-state index in [9.17, 15) is 4.79 Å². The first-order valence-corrected chi connectivity index (χ1v) is 8.91. The van der Waals surface area contributed by atoms with E-state index in [1.165, 1.54) is 5.56 Å². The summed E-state index contributed by atoms with van der Waals surface area (Å²) in [4.78, 5) is 16.3. The summed E-state index contributed by atoms with van der Waals surface area (Å²) < 4.78 is 5.32. The third-order valence-electron chi connectivity index (χ3n) is 3.91. The summed E-state index contributed by atoms with van der Waals surface area (Å²) in [6.45, 7) is 6.75. The number of guanidine groups is 1. The zero-order valence-corrected chi connectivity index (χ0v) is 18.2. The van der Waals surface area contributed by atoms with Crippen LogP contribution < -0.4 is 16.4 Å². The summed E-state index contributed by atoms with van der Waals surface area (Å²) in [5.41, 5.74) is 6.69. The minimum Gasteiger partial charge on any atom is -0.444 e. The monoisotopic (exact) mass is 474 g/mol. The Morgan fingerprint density at radius 2 is 1.96 bits per heavy atom. The highest BCUT2D eigenvalue weighted by atomic mass is 127. The summed E-state index contributed by atoms with van der Waals surface area (Å²) in [5.74, 6) is 0.876. The molecule has 1 amide bonds. The largest absolute Gasteiger partial charge is 0.444 e. The Bertz CT molecular complexity index is 583. The number of amides is 1. The van der Waals surface area contributed by atoms with Gasteiger partial charge in [-0.1, -0.05) is 30.3 Å². The highest BCUT2D eigenvalue weighted by molar-refractivity contribution is 14.0. The van der Waals surface area contributed by atoms with E-state index in [4.69, 9.17) is 10.5 Å². The number of aliphatic imine (C=N–C) groups is 1. The SMILES string of the molecule is CC(C)(C)OC(=O)NC(CN=C(N)NCCc1ccccc1)C1CC1.I. The fraction of sp³-hybridized carbons (Fsp3) is 0.579. The average molecular weight is 474 g/mol. The number of alkyl carbamates (subject to hydrolysis) is 1. The number of ether oxygens (including phenoxy) is 1. The molecule has 26 heavy (non-hydrogen) atoms. The maximum Gasteiger partial charge on any atom is 0.407 e. The van der Waals surface area contributed by atoms with Crippen molar-refractivity contribution >= 4 is 36.0 Å². The molecule has 7 heteroatoms. The Morgan fingerprint density at radius 3 is 2.54 bits per heavy atom. The van der Waals surface area contributed by atoms with E-state index >= 15 is 0 Å². The lowest BCUT2D eigenvalue weighted by atomic mass is 10.1. The maximum atomic E-state index is 11.9. The third kappa shape index (κ3) is 9.26. The molecule has 0 bridgehead atoms. The van der Waals surface area contributed by atoms with Gasteiger partial charge < -0.3 is 21.1 Å². The van der Waals surface area contributed by atoms with Crippen molar-refractivity contribution in [2.24, 2.45) is 16.6 Å². The number of carbonyl (C=O) groups excluding carboxylic acids is 1. The number of carbonyl (C=O) groups is 1. The van der Waals surface area contributed by atoms with Gasteiger partial charge in [0.2, 0.25) is 0 Å². The molecule has 0 spiro atoms. The molecule has 0 radical (unpaired) electrons. The number of halogens is 1. The molecule has 1 fully saturated rings. The highest BCUT2D eigenvalue weighted by Crippen LogP contribution is 2.32. The van der Waals surface area contributed by atoms with Crippen LogP contribution in [-0.4, -0.2) is 36.8 Å². The standard InChI is InChI=1S/C19H30N4O2.HI/c1-19(2,3)25-18(24)23-16(15-9-10-15)13-22-17(20)21-12-11-14-7-5-4-6-8-14;/h4-8,15-16H,9-13H2,1-3H3,(H,23,24)(H3,20,21,22);1H. The van der Waals surface area contributed by atoms with E-state index in [1.54, 1.807) is 0 Å². The predicted octanol–water partition coefficient (Wildman–Crippen LogP) is 3.05. The molecule has 1 atom stereocenters. The van der Waals surface area contributed by atoms with E-state index in [0.717, 1.165) is 25.8 Å². The van der Waals surface area contributed by atoms with Crippen LogP contribution in [0, 0.1) is 5.92 Å². The van der Waals surface area contributed by atoms with Gasteiger partial charge in [-0.25, -0.2) is 4.79 Å². The van der Waals surface area contributed by atoms with E-state index in [0.29, 0.717) is 18.4 Å². The minimum atomic E-state index is -0.501. The Hall–Kier alpha value is -1.51. The smallest absolute Gasteiger partial charge is 0.407 e. The van der Waals surface area contributed by atoms with Crippen LogP contribution in [0.2, 0.25) is 0 Å². The van der Waals surface area contributed by atoms with Crippen molar-refractivity contribution in [3.05, 3.63) is 35.9 Å². The first-order valence-electron chi connectivity index (χ1n) is 8.91. The van der Waals surface area contributed by atoms with Crippen molar-refractivity contribution in [2.45, 2.75) is 51.7 Å². The normalized spacial score (nSPS) is 15.6. The number of hydrogen-bond donors (Lipinski definition) is 3. The quantitative estimate of drug-likeness (QED) is 0.322.